The van der Waals surface area contributed by atoms with Gasteiger partial charge in [0.05, 0.1) is 0 Å². The van der Waals surface area contributed by atoms with E-state index < -0.39 is 26.5 Å². The van der Waals surface area contributed by atoms with E-state index in [2.05, 4.69) is 16.7 Å². The van der Waals surface area contributed by atoms with E-state index in [9.17, 15) is 23.3 Å². The number of amides is 1. The fourth-order valence-corrected chi connectivity index (χ4v) is 2.64. The molecule has 1 heterocycles. The lowest BCUT2D eigenvalue weighted by molar-refractivity contribution is -0.390. The Morgan fingerprint density at radius 3 is 2.62 bits per heavy atom. The second kappa shape index (κ2) is 6.54. The highest BCUT2D eigenvalue weighted by Crippen LogP contribution is 2.33. The van der Waals surface area contributed by atoms with Crippen molar-refractivity contribution in [2.24, 2.45) is 4.99 Å². The van der Waals surface area contributed by atoms with Gasteiger partial charge in [-0.3, -0.25) is 4.79 Å². The van der Waals surface area contributed by atoms with Gasteiger partial charge < -0.3 is 14.9 Å². The highest BCUT2D eigenvalue weighted by Gasteiger charge is 2.22. The number of carbonyl (C=O) groups excluding carboxylic acids is 1. The monoisotopic (exact) mass is 349 g/mol. The number of nitrogens with zero attached hydrogens (tertiary/aromatic N) is 3. The largest absolute Gasteiger partial charge is 0.447 e. The van der Waals surface area contributed by atoms with Gasteiger partial charge in [0.2, 0.25) is 5.75 Å². The molecular weight excluding hydrogens is 338 g/mol. The number of aliphatic imine (C=N–C) groups is 1. The maximum atomic E-state index is 11.9. The van der Waals surface area contributed by atoms with Crippen LogP contribution in [0.2, 0.25) is 0 Å². The van der Waals surface area contributed by atoms with Crippen LogP contribution >= 0.6 is 0 Å². The van der Waals surface area contributed by atoms with E-state index in [1.54, 1.807) is 0 Å². The molecule has 1 amide bonds. The highest BCUT2D eigenvalue weighted by atomic mass is 32.2. The Labute approximate surface area is 136 Å². The van der Waals surface area contributed by atoms with Crippen LogP contribution < -0.4 is 4.74 Å². The summed E-state index contributed by atoms with van der Waals surface area (Å²) in [6.45, 7) is 3.09. The number of nitro groups is 1. The first kappa shape index (κ1) is 17.2. The summed E-state index contributed by atoms with van der Waals surface area (Å²) in [6, 6.07) is 6.25. The number of aromatic nitrogens is 1. The molecule has 0 unspecified atom stereocenters. The van der Waals surface area contributed by atoms with Crippen molar-refractivity contribution < 1.29 is 22.9 Å². The van der Waals surface area contributed by atoms with Gasteiger partial charge in [-0.05, 0) is 47.0 Å². The van der Waals surface area contributed by atoms with Crippen molar-refractivity contribution in [2.75, 3.05) is 6.26 Å². The summed E-state index contributed by atoms with van der Waals surface area (Å²) in [4.78, 5) is 28.2. The zero-order valence-electron chi connectivity index (χ0n) is 12.4. The van der Waals surface area contributed by atoms with E-state index in [0.717, 1.165) is 12.3 Å². The van der Waals surface area contributed by atoms with Gasteiger partial charge in [-0.1, -0.05) is 0 Å². The third-order valence-corrected chi connectivity index (χ3v) is 4.00. The molecule has 0 fully saturated rings. The minimum Gasteiger partial charge on any atom is -0.447 e. The molecule has 0 aliphatic heterocycles. The number of hydrogen-bond donors (Lipinski definition) is 0. The molecule has 0 saturated heterocycles. The predicted octanol–water partition coefficient (Wildman–Crippen LogP) is 2.03. The van der Waals surface area contributed by atoms with Crippen LogP contribution in [0.5, 0.6) is 11.5 Å². The Kier molecular flexibility index (Phi) is 4.69. The van der Waals surface area contributed by atoms with E-state index in [1.165, 1.54) is 30.5 Å². The van der Waals surface area contributed by atoms with E-state index in [4.69, 9.17) is 4.74 Å². The maximum Gasteiger partial charge on any atom is 0.406 e. The first-order chi connectivity index (χ1) is 11.2. The number of pyridine rings is 1. The quantitative estimate of drug-likeness (QED) is 0.458. The first-order valence-electron chi connectivity index (χ1n) is 6.36. The Morgan fingerprint density at radius 1 is 1.33 bits per heavy atom. The summed E-state index contributed by atoms with van der Waals surface area (Å²) in [5.74, 6) is -1.67. The van der Waals surface area contributed by atoms with Crippen LogP contribution in [0.25, 0.3) is 0 Å². The van der Waals surface area contributed by atoms with Crippen LogP contribution in [0, 0.1) is 10.1 Å². The van der Waals surface area contributed by atoms with Crippen LogP contribution in [0.4, 0.5) is 5.82 Å². The number of benzene rings is 1. The minimum absolute atomic E-state index is 0.00142. The second-order valence-electron chi connectivity index (χ2n) is 4.58. The van der Waals surface area contributed by atoms with Crippen molar-refractivity contribution in [3.63, 3.8) is 0 Å². The van der Waals surface area contributed by atoms with Crippen molar-refractivity contribution >= 4 is 28.3 Å². The summed E-state index contributed by atoms with van der Waals surface area (Å²) >= 11 is 0. The summed E-state index contributed by atoms with van der Waals surface area (Å²) in [7, 11) is -3.78. The lowest BCUT2D eigenvalue weighted by atomic mass is 10.2. The predicted molar refractivity (Wildman–Crippen MR) is 84.4 cm³/mol. The molecule has 0 atom stereocenters. The van der Waals surface area contributed by atoms with Gasteiger partial charge in [-0.2, -0.15) is 0 Å². The van der Waals surface area contributed by atoms with Crippen molar-refractivity contribution in [2.45, 2.75) is 4.90 Å². The van der Waals surface area contributed by atoms with Crippen LogP contribution in [0.3, 0.4) is 0 Å². The number of rotatable bonds is 5. The number of carbonyl (C=O) groups is 1. The molecule has 1 aromatic heterocycles. The highest BCUT2D eigenvalue weighted by molar-refractivity contribution is 7.90. The molecule has 0 bridgehead atoms. The Hall–Kier alpha value is -3.14. The van der Waals surface area contributed by atoms with Crippen LogP contribution in [0.1, 0.15) is 10.4 Å². The fraction of sp³-hybridized carbons (Fsp3) is 0.0714. The molecule has 9 nitrogen and oxygen atoms in total. The summed E-state index contributed by atoms with van der Waals surface area (Å²) in [5, 5.41) is 11.0. The van der Waals surface area contributed by atoms with E-state index >= 15 is 0 Å². The molecular formula is C14H11N3O6S. The first-order valence-corrected chi connectivity index (χ1v) is 8.25. The standard InChI is InChI=1S/C14H11N3O6S/c1-15-14(18)9-5-6-10(12(8-9)24(2,21)22)23-11-4-3-7-16-13(11)17(19)20/h3-8H,1H2,2H3. The minimum atomic E-state index is -3.78. The SMILES string of the molecule is C=NC(=O)c1ccc(Oc2cccnc2[N+](=O)[O-])c(S(C)(=O)=O)c1. The van der Waals surface area contributed by atoms with Gasteiger partial charge in [0.15, 0.2) is 9.84 Å². The van der Waals surface area contributed by atoms with Crippen LogP contribution in [-0.2, 0) is 9.84 Å². The Morgan fingerprint density at radius 2 is 2.04 bits per heavy atom. The second-order valence-corrected chi connectivity index (χ2v) is 6.57. The lowest BCUT2D eigenvalue weighted by Crippen LogP contribution is -2.04. The Bertz CT molecular complexity index is 939. The summed E-state index contributed by atoms with van der Waals surface area (Å²) < 4.78 is 29.2. The third-order valence-electron chi connectivity index (χ3n) is 2.88. The van der Waals surface area contributed by atoms with Gasteiger partial charge in [0.25, 0.3) is 5.91 Å². The number of hydrogen-bond acceptors (Lipinski definition) is 7. The van der Waals surface area contributed by atoms with E-state index in [0.29, 0.717) is 0 Å². The zero-order valence-corrected chi connectivity index (χ0v) is 13.2. The summed E-state index contributed by atoms with van der Waals surface area (Å²) in [5.41, 5.74) is -0.00142. The molecule has 2 rings (SSSR count). The van der Waals surface area contributed by atoms with E-state index in [1.807, 2.05) is 0 Å². The van der Waals surface area contributed by atoms with E-state index in [-0.39, 0.29) is 22.0 Å². The van der Waals surface area contributed by atoms with Crippen molar-refractivity contribution in [3.05, 3.63) is 52.2 Å². The van der Waals surface area contributed by atoms with Crippen molar-refractivity contribution in [1.82, 2.24) is 4.98 Å². The molecule has 0 aliphatic rings. The molecule has 0 radical (unpaired) electrons. The van der Waals surface area contributed by atoms with Gasteiger partial charge in [0, 0.05) is 11.8 Å². The molecule has 24 heavy (non-hydrogen) atoms. The Balaban J connectivity index is 2.57. The fourth-order valence-electron chi connectivity index (χ4n) is 1.82. The summed E-state index contributed by atoms with van der Waals surface area (Å²) in [6.07, 6.45) is 2.13. The smallest absolute Gasteiger partial charge is 0.406 e. The number of sulfone groups is 1. The van der Waals surface area contributed by atoms with Gasteiger partial charge in [0.1, 0.15) is 16.8 Å². The van der Waals surface area contributed by atoms with Crippen LogP contribution in [0.15, 0.2) is 46.4 Å². The third kappa shape index (κ3) is 3.60. The van der Waals surface area contributed by atoms with Gasteiger partial charge in [-0.15, -0.1) is 0 Å². The molecule has 0 saturated carbocycles. The van der Waals surface area contributed by atoms with Crippen molar-refractivity contribution in [3.8, 4) is 11.5 Å². The molecule has 0 spiro atoms. The molecule has 10 heteroatoms. The molecule has 0 N–H and O–H groups in total. The normalized spacial score (nSPS) is 10.9. The molecule has 1 aromatic carbocycles. The lowest BCUT2D eigenvalue weighted by Gasteiger charge is -2.10. The average Bonchev–Trinajstić information content (AvgIpc) is 2.53. The van der Waals surface area contributed by atoms with Gasteiger partial charge in [-0.25, -0.2) is 13.4 Å². The van der Waals surface area contributed by atoms with Gasteiger partial charge >= 0.3 is 5.82 Å². The number of ether oxygens (including phenoxy) is 1. The zero-order chi connectivity index (χ0) is 17.9. The van der Waals surface area contributed by atoms with Crippen LogP contribution in [-0.4, -0.2) is 37.2 Å². The maximum absolute atomic E-state index is 11.9. The molecule has 124 valence electrons. The molecule has 2 aromatic rings. The average molecular weight is 349 g/mol. The molecule has 0 aliphatic carbocycles. The van der Waals surface area contributed by atoms with Crippen molar-refractivity contribution in [1.29, 1.82) is 0 Å². The topological polar surface area (TPSA) is 129 Å².